The molecule has 7 heteroatoms. The van der Waals surface area contributed by atoms with Crippen molar-refractivity contribution in [1.29, 1.82) is 0 Å². The molecule has 0 aromatic carbocycles. The predicted molar refractivity (Wildman–Crippen MR) is 104 cm³/mol. The minimum atomic E-state index is -0.0146. The highest BCUT2D eigenvalue weighted by Gasteiger charge is 2.29. The molecule has 0 saturated carbocycles. The maximum absolute atomic E-state index is 12.4. The summed E-state index contributed by atoms with van der Waals surface area (Å²) < 4.78 is 8.29. The van der Waals surface area contributed by atoms with Gasteiger partial charge in [0.05, 0.1) is 6.54 Å². The monoisotopic (exact) mass is 369 g/mol. The van der Waals surface area contributed by atoms with Crippen molar-refractivity contribution in [1.82, 2.24) is 19.8 Å². The molecule has 0 radical (unpaired) electrons. The van der Waals surface area contributed by atoms with Crippen molar-refractivity contribution in [3.05, 3.63) is 42.9 Å². The first-order valence-electron chi connectivity index (χ1n) is 9.80. The number of nitrogens with one attached hydrogen (secondary N) is 1. The van der Waals surface area contributed by atoms with Crippen LogP contribution >= 0.6 is 0 Å². The third-order valence-electron chi connectivity index (χ3n) is 5.19. The van der Waals surface area contributed by atoms with E-state index in [9.17, 15) is 4.79 Å². The molecule has 144 valence electrons. The molecule has 0 unspecified atom stereocenters. The molecular formula is C20H27N5O2. The molecule has 2 amide bonds. The molecule has 2 aromatic rings. The number of likely N-dealkylation sites (tertiary alicyclic amines) is 1. The molecule has 2 aromatic heterocycles. The summed E-state index contributed by atoms with van der Waals surface area (Å²) in [4.78, 5) is 21.0. The second-order valence-corrected chi connectivity index (χ2v) is 7.15. The van der Waals surface area contributed by atoms with Gasteiger partial charge < -0.3 is 24.4 Å². The molecule has 27 heavy (non-hydrogen) atoms. The van der Waals surface area contributed by atoms with Crippen LogP contribution < -0.4 is 15.0 Å². The summed E-state index contributed by atoms with van der Waals surface area (Å²) in [5, 5.41) is 2.99. The van der Waals surface area contributed by atoms with Crippen molar-refractivity contribution in [2.45, 2.75) is 31.9 Å². The van der Waals surface area contributed by atoms with Gasteiger partial charge >= 0.3 is 6.03 Å². The van der Waals surface area contributed by atoms with Crippen LogP contribution in [-0.4, -0.2) is 59.3 Å². The van der Waals surface area contributed by atoms with E-state index in [1.165, 1.54) is 12.8 Å². The Morgan fingerprint density at radius 3 is 2.81 bits per heavy atom. The minimum absolute atomic E-state index is 0.0146. The van der Waals surface area contributed by atoms with Gasteiger partial charge in [-0.15, -0.1) is 0 Å². The van der Waals surface area contributed by atoms with Gasteiger partial charge in [-0.3, -0.25) is 0 Å². The van der Waals surface area contributed by atoms with Crippen LogP contribution in [0.5, 0.6) is 5.75 Å². The summed E-state index contributed by atoms with van der Waals surface area (Å²) >= 11 is 0. The van der Waals surface area contributed by atoms with Crippen LogP contribution in [0.1, 0.15) is 19.3 Å². The number of anilines is 1. The first-order valence-corrected chi connectivity index (χ1v) is 9.80. The maximum Gasteiger partial charge on any atom is 0.317 e. The van der Waals surface area contributed by atoms with Gasteiger partial charge in [-0.1, -0.05) is 0 Å². The first kappa shape index (κ1) is 17.7. The van der Waals surface area contributed by atoms with E-state index in [4.69, 9.17) is 4.74 Å². The Bertz CT molecular complexity index is 743. The smallest absolute Gasteiger partial charge is 0.317 e. The number of hydrogen-bond donors (Lipinski definition) is 1. The van der Waals surface area contributed by atoms with Crippen LogP contribution in [0, 0.1) is 0 Å². The summed E-state index contributed by atoms with van der Waals surface area (Å²) in [5.74, 6) is 1.77. The van der Waals surface area contributed by atoms with Crippen LogP contribution in [0.25, 0.3) is 0 Å². The van der Waals surface area contributed by atoms with Gasteiger partial charge in [-0.2, -0.15) is 0 Å². The van der Waals surface area contributed by atoms with E-state index in [-0.39, 0.29) is 12.1 Å². The molecule has 2 aliphatic rings. The number of amides is 2. The third kappa shape index (κ3) is 4.35. The molecule has 2 aliphatic heterocycles. The van der Waals surface area contributed by atoms with Crippen LogP contribution in [0.2, 0.25) is 0 Å². The Morgan fingerprint density at radius 1 is 1.19 bits per heavy atom. The second-order valence-electron chi connectivity index (χ2n) is 7.15. The summed E-state index contributed by atoms with van der Waals surface area (Å²) in [6.07, 6.45) is 9.09. The fraction of sp³-hybridized carbons (Fsp3) is 0.500. The van der Waals surface area contributed by atoms with Gasteiger partial charge in [0, 0.05) is 57.7 Å². The number of hydrogen-bond acceptors (Lipinski definition) is 4. The van der Waals surface area contributed by atoms with Gasteiger partial charge in [-0.05, 0) is 37.1 Å². The summed E-state index contributed by atoms with van der Waals surface area (Å²) in [6.45, 7) is 4.81. The minimum Gasteiger partial charge on any atom is -0.485 e. The fourth-order valence-electron chi connectivity index (χ4n) is 3.75. The van der Waals surface area contributed by atoms with Crippen molar-refractivity contribution in [3.8, 4) is 5.75 Å². The number of carbonyl (C=O) groups excluding carboxylic acids is 1. The predicted octanol–water partition coefficient (Wildman–Crippen LogP) is 2.35. The highest BCUT2D eigenvalue weighted by Crippen LogP contribution is 2.30. The van der Waals surface area contributed by atoms with Gasteiger partial charge in [0.2, 0.25) is 0 Å². The molecule has 4 heterocycles. The summed E-state index contributed by atoms with van der Waals surface area (Å²) in [7, 11) is 0. The highest BCUT2D eigenvalue weighted by molar-refractivity contribution is 5.74. The topological polar surface area (TPSA) is 62.6 Å². The lowest BCUT2D eigenvalue weighted by atomic mass is 10.3. The Labute approximate surface area is 159 Å². The third-order valence-corrected chi connectivity index (χ3v) is 5.19. The molecule has 2 saturated heterocycles. The molecule has 1 N–H and O–H groups in total. The Kier molecular flexibility index (Phi) is 5.46. The molecule has 7 nitrogen and oxygen atoms in total. The number of rotatable bonds is 6. The van der Waals surface area contributed by atoms with E-state index in [1.807, 2.05) is 47.8 Å². The normalized spacial score (nSPS) is 19.5. The van der Waals surface area contributed by atoms with Gasteiger partial charge in [0.25, 0.3) is 0 Å². The largest absolute Gasteiger partial charge is 0.485 e. The van der Waals surface area contributed by atoms with Gasteiger partial charge in [-0.25, -0.2) is 9.78 Å². The highest BCUT2D eigenvalue weighted by atomic mass is 16.5. The van der Waals surface area contributed by atoms with Gasteiger partial charge in [0.15, 0.2) is 11.6 Å². The summed E-state index contributed by atoms with van der Waals surface area (Å²) in [6, 6.07) is 7.85. The Morgan fingerprint density at radius 2 is 2.00 bits per heavy atom. The van der Waals surface area contributed by atoms with E-state index < -0.39 is 0 Å². The quantitative estimate of drug-likeness (QED) is 0.849. The molecule has 0 bridgehead atoms. The molecule has 1 atom stereocenters. The number of carbonyl (C=O) groups is 1. The molecular weight excluding hydrogens is 342 g/mol. The number of urea groups is 1. The lowest BCUT2D eigenvalue weighted by Gasteiger charge is -2.22. The Balaban J connectivity index is 1.28. The van der Waals surface area contributed by atoms with Crippen molar-refractivity contribution >= 4 is 11.8 Å². The second kappa shape index (κ2) is 8.33. The van der Waals surface area contributed by atoms with E-state index in [0.717, 1.165) is 44.2 Å². The number of aromatic nitrogens is 2. The molecule has 0 aliphatic carbocycles. The average Bonchev–Trinajstić information content (AvgIpc) is 3.45. The van der Waals surface area contributed by atoms with Crippen molar-refractivity contribution < 1.29 is 9.53 Å². The molecule has 0 spiro atoms. The van der Waals surface area contributed by atoms with E-state index in [0.29, 0.717) is 13.1 Å². The fourth-order valence-corrected chi connectivity index (χ4v) is 3.75. The number of ether oxygens (including phenoxy) is 1. The molecule has 4 rings (SSSR count). The number of nitrogens with zero attached hydrogens (tertiary/aromatic N) is 4. The Hall–Kier alpha value is -2.70. The SMILES string of the molecule is O=C(NCCn1cccc1)N1CC[C@@H](Oc2cccnc2N2CCCC2)C1. The zero-order valence-electron chi connectivity index (χ0n) is 15.6. The summed E-state index contributed by atoms with van der Waals surface area (Å²) in [5.41, 5.74) is 0. The van der Waals surface area contributed by atoms with Crippen LogP contribution in [-0.2, 0) is 6.54 Å². The van der Waals surface area contributed by atoms with Crippen LogP contribution in [0.15, 0.2) is 42.9 Å². The zero-order valence-corrected chi connectivity index (χ0v) is 15.6. The first-order chi connectivity index (χ1) is 13.3. The van der Waals surface area contributed by atoms with Crippen LogP contribution in [0.4, 0.5) is 10.6 Å². The van der Waals surface area contributed by atoms with Crippen molar-refractivity contribution in [3.63, 3.8) is 0 Å². The van der Waals surface area contributed by atoms with E-state index in [1.54, 1.807) is 0 Å². The van der Waals surface area contributed by atoms with E-state index >= 15 is 0 Å². The van der Waals surface area contributed by atoms with E-state index in [2.05, 4.69) is 19.8 Å². The standard InChI is InChI=1S/C20H27N5O2/c26-20(22-9-15-23-10-1-2-11-23)25-14-7-17(16-25)27-18-6-5-8-21-19(18)24-12-3-4-13-24/h1-2,5-6,8,10-11,17H,3-4,7,9,12-16H2,(H,22,26)/t17-/m1/s1. The molecule has 2 fully saturated rings. The lowest BCUT2D eigenvalue weighted by molar-refractivity contribution is 0.186. The van der Waals surface area contributed by atoms with Crippen molar-refractivity contribution in [2.75, 3.05) is 37.6 Å². The zero-order chi connectivity index (χ0) is 18.5. The lowest BCUT2D eigenvalue weighted by Crippen LogP contribution is -2.40. The maximum atomic E-state index is 12.4. The number of pyridine rings is 1. The van der Waals surface area contributed by atoms with Crippen LogP contribution in [0.3, 0.4) is 0 Å². The van der Waals surface area contributed by atoms with Gasteiger partial charge in [0.1, 0.15) is 6.10 Å². The van der Waals surface area contributed by atoms with Crippen molar-refractivity contribution in [2.24, 2.45) is 0 Å². The average molecular weight is 369 g/mol.